The lowest BCUT2D eigenvalue weighted by molar-refractivity contribution is 0.415. The summed E-state index contributed by atoms with van der Waals surface area (Å²) < 4.78 is 10.5. The van der Waals surface area contributed by atoms with E-state index in [9.17, 15) is 0 Å². The van der Waals surface area contributed by atoms with E-state index < -0.39 is 0 Å². The Balaban J connectivity index is 1.63. The van der Waals surface area contributed by atoms with Crippen LogP contribution >= 0.6 is 11.3 Å². The first-order valence-electron chi connectivity index (χ1n) is 9.10. The second-order valence-corrected chi connectivity index (χ2v) is 7.50. The molecular weight excluding hydrogens is 382 g/mol. The van der Waals surface area contributed by atoms with Gasteiger partial charge in [0.1, 0.15) is 32.4 Å². The third-order valence-electron chi connectivity index (χ3n) is 4.80. The van der Waals surface area contributed by atoms with Gasteiger partial charge in [-0.3, -0.25) is 0 Å². The zero-order valence-electron chi connectivity index (χ0n) is 15.9. The molecule has 0 saturated heterocycles. The standard InChI is InChI=1S/C23H17N3O2S/c1-27-17-8-3-14(4-9-17)19-12-7-16-13-24-23-21(20(16)25-19)26-22(29-23)15-5-10-18(28-2)11-6-15/h3-13H,1-2H3. The van der Waals surface area contributed by atoms with Crippen LogP contribution in [0.5, 0.6) is 11.5 Å². The summed E-state index contributed by atoms with van der Waals surface area (Å²) >= 11 is 1.57. The Hall–Kier alpha value is -3.51. The van der Waals surface area contributed by atoms with Gasteiger partial charge in [-0.2, -0.15) is 0 Å². The normalized spacial score (nSPS) is 11.1. The quantitative estimate of drug-likeness (QED) is 0.394. The molecule has 0 aliphatic carbocycles. The molecule has 5 nitrogen and oxygen atoms in total. The Morgan fingerprint density at radius 1 is 0.690 bits per heavy atom. The SMILES string of the molecule is COc1ccc(-c2ccc3cnc4sc(-c5ccc(OC)cc5)nc4c3n2)cc1. The summed E-state index contributed by atoms with van der Waals surface area (Å²) in [6.45, 7) is 0. The van der Waals surface area contributed by atoms with Crippen molar-refractivity contribution in [2.75, 3.05) is 14.2 Å². The topological polar surface area (TPSA) is 57.1 Å². The fourth-order valence-corrected chi connectivity index (χ4v) is 4.14. The van der Waals surface area contributed by atoms with Gasteiger partial charge in [0.25, 0.3) is 0 Å². The first-order chi connectivity index (χ1) is 14.2. The average Bonchev–Trinajstić information content (AvgIpc) is 3.24. The van der Waals surface area contributed by atoms with E-state index in [1.165, 1.54) is 0 Å². The second kappa shape index (κ2) is 7.14. The van der Waals surface area contributed by atoms with Gasteiger partial charge in [0, 0.05) is 22.7 Å². The molecule has 3 heterocycles. The van der Waals surface area contributed by atoms with Gasteiger partial charge in [-0.25, -0.2) is 15.0 Å². The average molecular weight is 399 g/mol. The highest BCUT2D eigenvalue weighted by molar-refractivity contribution is 7.21. The van der Waals surface area contributed by atoms with Crippen molar-refractivity contribution >= 4 is 32.6 Å². The molecule has 0 aliphatic heterocycles. The number of benzene rings is 2. The molecule has 3 aromatic heterocycles. The predicted molar refractivity (Wildman–Crippen MR) is 117 cm³/mol. The number of thiazole rings is 1. The van der Waals surface area contributed by atoms with E-state index in [1.807, 2.05) is 66.9 Å². The van der Waals surface area contributed by atoms with Gasteiger partial charge >= 0.3 is 0 Å². The molecule has 0 radical (unpaired) electrons. The maximum atomic E-state index is 5.25. The van der Waals surface area contributed by atoms with Crippen molar-refractivity contribution in [2.45, 2.75) is 0 Å². The monoisotopic (exact) mass is 399 g/mol. The maximum Gasteiger partial charge on any atom is 0.146 e. The molecule has 5 aromatic rings. The Morgan fingerprint density at radius 2 is 1.34 bits per heavy atom. The zero-order valence-corrected chi connectivity index (χ0v) is 16.7. The zero-order chi connectivity index (χ0) is 19.8. The van der Waals surface area contributed by atoms with E-state index >= 15 is 0 Å². The first kappa shape index (κ1) is 17.6. The molecule has 142 valence electrons. The van der Waals surface area contributed by atoms with Crippen molar-refractivity contribution < 1.29 is 9.47 Å². The fourth-order valence-electron chi connectivity index (χ4n) is 3.23. The summed E-state index contributed by atoms with van der Waals surface area (Å²) in [5.41, 5.74) is 4.65. The number of aromatic nitrogens is 3. The second-order valence-electron chi connectivity index (χ2n) is 6.52. The minimum Gasteiger partial charge on any atom is -0.497 e. The third-order valence-corrected chi connectivity index (χ3v) is 5.82. The lowest BCUT2D eigenvalue weighted by Crippen LogP contribution is -1.89. The lowest BCUT2D eigenvalue weighted by Gasteiger charge is -2.05. The Bertz CT molecular complexity index is 1310. The summed E-state index contributed by atoms with van der Waals surface area (Å²) in [6, 6.07) is 19.8. The molecule has 0 bridgehead atoms. The van der Waals surface area contributed by atoms with Crippen LogP contribution in [-0.2, 0) is 0 Å². The van der Waals surface area contributed by atoms with Gasteiger partial charge < -0.3 is 9.47 Å². The Labute approximate surface area is 171 Å². The van der Waals surface area contributed by atoms with Crippen molar-refractivity contribution in [3.05, 3.63) is 66.9 Å². The van der Waals surface area contributed by atoms with Gasteiger partial charge in [-0.05, 0) is 60.7 Å². The molecule has 0 aliphatic rings. The molecule has 0 spiro atoms. The van der Waals surface area contributed by atoms with Crippen LogP contribution in [0.25, 0.3) is 43.1 Å². The van der Waals surface area contributed by atoms with Gasteiger partial charge in [0.05, 0.1) is 19.9 Å². The van der Waals surface area contributed by atoms with Crippen molar-refractivity contribution in [2.24, 2.45) is 0 Å². The van der Waals surface area contributed by atoms with Gasteiger partial charge in [-0.15, -0.1) is 0 Å². The number of ether oxygens (including phenoxy) is 2. The summed E-state index contributed by atoms with van der Waals surface area (Å²) in [5, 5.41) is 1.89. The van der Waals surface area contributed by atoms with E-state index in [1.54, 1.807) is 25.6 Å². The van der Waals surface area contributed by atoms with Crippen molar-refractivity contribution in [1.29, 1.82) is 0 Å². The van der Waals surface area contributed by atoms with Crippen LogP contribution in [0.4, 0.5) is 0 Å². The molecule has 0 atom stereocenters. The molecule has 6 heteroatoms. The molecule has 0 unspecified atom stereocenters. The predicted octanol–water partition coefficient (Wildman–Crippen LogP) is 5.59. The summed E-state index contributed by atoms with van der Waals surface area (Å²) in [5.74, 6) is 1.65. The van der Waals surface area contributed by atoms with Crippen LogP contribution < -0.4 is 9.47 Å². The highest BCUT2D eigenvalue weighted by Crippen LogP contribution is 2.33. The largest absolute Gasteiger partial charge is 0.497 e. The van der Waals surface area contributed by atoms with E-state index in [0.29, 0.717) is 0 Å². The van der Waals surface area contributed by atoms with Crippen LogP contribution in [0.3, 0.4) is 0 Å². The number of hydrogen-bond donors (Lipinski definition) is 0. The molecule has 0 fully saturated rings. The van der Waals surface area contributed by atoms with Gasteiger partial charge in [0.2, 0.25) is 0 Å². The van der Waals surface area contributed by atoms with Crippen molar-refractivity contribution in [1.82, 2.24) is 15.0 Å². The fraction of sp³-hybridized carbons (Fsp3) is 0.0870. The summed E-state index contributed by atoms with van der Waals surface area (Å²) in [6.07, 6.45) is 1.86. The molecular formula is C23H17N3O2S. The molecule has 29 heavy (non-hydrogen) atoms. The van der Waals surface area contributed by atoms with Crippen LogP contribution in [0.15, 0.2) is 66.9 Å². The van der Waals surface area contributed by atoms with E-state index in [2.05, 4.69) is 4.98 Å². The van der Waals surface area contributed by atoms with Crippen molar-refractivity contribution in [3.63, 3.8) is 0 Å². The number of methoxy groups -OCH3 is 2. The smallest absolute Gasteiger partial charge is 0.146 e. The molecule has 0 N–H and O–H groups in total. The van der Waals surface area contributed by atoms with Crippen LogP contribution in [0.2, 0.25) is 0 Å². The first-order valence-corrected chi connectivity index (χ1v) is 9.92. The Kier molecular flexibility index (Phi) is 4.33. The summed E-state index contributed by atoms with van der Waals surface area (Å²) in [7, 11) is 3.32. The van der Waals surface area contributed by atoms with E-state index in [-0.39, 0.29) is 0 Å². The molecule has 2 aromatic carbocycles. The van der Waals surface area contributed by atoms with Crippen LogP contribution in [0, 0.1) is 0 Å². The van der Waals surface area contributed by atoms with Crippen LogP contribution in [-0.4, -0.2) is 29.2 Å². The summed E-state index contributed by atoms with van der Waals surface area (Å²) in [4.78, 5) is 15.2. The van der Waals surface area contributed by atoms with Crippen LogP contribution in [0.1, 0.15) is 0 Å². The number of nitrogens with zero attached hydrogens (tertiary/aromatic N) is 3. The van der Waals surface area contributed by atoms with Crippen molar-refractivity contribution in [3.8, 4) is 33.3 Å². The lowest BCUT2D eigenvalue weighted by atomic mass is 10.1. The maximum absolute atomic E-state index is 5.25. The minimum atomic E-state index is 0.823. The number of rotatable bonds is 4. The Morgan fingerprint density at radius 3 is 2.00 bits per heavy atom. The highest BCUT2D eigenvalue weighted by atomic mass is 32.1. The molecule has 5 rings (SSSR count). The van der Waals surface area contributed by atoms with Gasteiger partial charge in [-0.1, -0.05) is 11.3 Å². The third kappa shape index (κ3) is 3.17. The molecule has 0 saturated carbocycles. The van der Waals surface area contributed by atoms with E-state index in [0.717, 1.165) is 54.6 Å². The highest BCUT2D eigenvalue weighted by Gasteiger charge is 2.13. The number of pyridine rings is 2. The van der Waals surface area contributed by atoms with E-state index in [4.69, 9.17) is 19.4 Å². The molecule has 0 amide bonds. The number of fused-ring (bicyclic) bond motifs is 3. The van der Waals surface area contributed by atoms with Gasteiger partial charge in [0.15, 0.2) is 0 Å². The number of hydrogen-bond acceptors (Lipinski definition) is 6. The minimum absolute atomic E-state index is 0.823.